The predicted octanol–water partition coefficient (Wildman–Crippen LogP) is 4.06. The van der Waals surface area contributed by atoms with E-state index in [0.717, 1.165) is 42.5 Å². The van der Waals surface area contributed by atoms with Crippen LogP contribution < -0.4 is 5.56 Å². The first-order chi connectivity index (χ1) is 11.7. The Morgan fingerprint density at radius 2 is 1.83 bits per heavy atom. The van der Waals surface area contributed by atoms with Gasteiger partial charge in [0, 0.05) is 12.1 Å². The molecule has 2 aromatic rings. The van der Waals surface area contributed by atoms with Crippen molar-refractivity contribution < 1.29 is 0 Å². The normalized spacial score (nSPS) is 22.9. The summed E-state index contributed by atoms with van der Waals surface area (Å²) in [7, 11) is 0. The minimum Gasteiger partial charge on any atom is -0.292 e. The summed E-state index contributed by atoms with van der Waals surface area (Å²) in [5.41, 5.74) is 1.01. The topological polar surface area (TPSA) is 38.1 Å². The van der Waals surface area contributed by atoms with Crippen molar-refractivity contribution in [2.45, 2.75) is 70.5 Å². The van der Waals surface area contributed by atoms with E-state index in [1.54, 1.807) is 0 Å². The van der Waals surface area contributed by atoms with E-state index < -0.39 is 0 Å². The molecule has 0 N–H and O–H groups in total. The molecule has 0 spiro atoms. The van der Waals surface area contributed by atoms with E-state index in [0.29, 0.717) is 12.1 Å². The first-order valence-corrected chi connectivity index (χ1v) is 9.43. The highest BCUT2D eigenvalue weighted by Crippen LogP contribution is 2.36. The molecule has 1 saturated carbocycles. The highest BCUT2D eigenvalue weighted by molar-refractivity contribution is 5.77. The van der Waals surface area contributed by atoms with Crippen LogP contribution in [0.3, 0.4) is 0 Å². The van der Waals surface area contributed by atoms with Gasteiger partial charge in [0.2, 0.25) is 0 Å². The number of rotatable bonds is 3. The van der Waals surface area contributed by atoms with Crippen LogP contribution in [0, 0.1) is 0 Å². The lowest BCUT2D eigenvalue weighted by atomic mass is 10.1. The molecular weight excluding hydrogens is 298 g/mol. The molecule has 1 aromatic carbocycles. The van der Waals surface area contributed by atoms with Gasteiger partial charge in [-0.25, -0.2) is 4.98 Å². The summed E-state index contributed by atoms with van der Waals surface area (Å²) in [5, 5.41) is 0.766. The molecule has 1 aliphatic carbocycles. The first-order valence-electron chi connectivity index (χ1n) is 9.43. The number of hydrogen-bond acceptors (Lipinski definition) is 3. The maximum atomic E-state index is 13.3. The minimum absolute atomic E-state index is 0.165. The molecule has 2 heterocycles. The van der Waals surface area contributed by atoms with E-state index in [1.807, 2.05) is 24.3 Å². The van der Waals surface area contributed by atoms with E-state index in [9.17, 15) is 4.79 Å². The fourth-order valence-electron chi connectivity index (χ4n) is 4.60. The monoisotopic (exact) mass is 325 g/mol. The molecule has 4 rings (SSSR count). The molecule has 1 atom stereocenters. The molecular formula is C20H27N3O. The summed E-state index contributed by atoms with van der Waals surface area (Å²) in [4.78, 5) is 20.8. The second kappa shape index (κ2) is 6.32. The van der Waals surface area contributed by atoms with Crippen LogP contribution in [0.4, 0.5) is 0 Å². The lowest BCUT2D eigenvalue weighted by Crippen LogP contribution is -2.36. The summed E-state index contributed by atoms with van der Waals surface area (Å²) < 4.78 is 2.07. The van der Waals surface area contributed by atoms with Gasteiger partial charge in [-0.05, 0) is 58.2 Å². The second-order valence-electron chi connectivity index (χ2n) is 7.59. The predicted molar refractivity (Wildman–Crippen MR) is 97.3 cm³/mol. The van der Waals surface area contributed by atoms with Gasteiger partial charge in [-0.1, -0.05) is 25.0 Å². The number of fused-ring (bicyclic) bond motifs is 1. The van der Waals surface area contributed by atoms with Crippen LogP contribution in [-0.2, 0) is 0 Å². The summed E-state index contributed by atoms with van der Waals surface area (Å²) in [6.07, 6.45) is 6.97. The number of hydrogen-bond donors (Lipinski definition) is 0. The Kier molecular flexibility index (Phi) is 4.17. The molecule has 1 unspecified atom stereocenters. The Balaban J connectivity index is 1.92. The van der Waals surface area contributed by atoms with Crippen molar-refractivity contribution >= 4 is 10.9 Å². The van der Waals surface area contributed by atoms with Crippen LogP contribution in [-0.4, -0.2) is 27.0 Å². The lowest BCUT2D eigenvalue weighted by Gasteiger charge is -2.31. The van der Waals surface area contributed by atoms with Crippen LogP contribution in [0.5, 0.6) is 0 Å². The standard InChI is InChI=1S/C20H27N3O/c1-14(2)22-13-7-12-18(22)19-21-17-11-6-5-10-16(17)20(24)23(19)15-8-3-4-9-15/h5-6,10-11,14-15,18H,3-4,7-9,12-13H2,1-2H3. The number of benzene rings is 1. The molecule has 2 aliphatic rings. The third kappa shape index (κ3) is 2.57. The average molecular weight is 325 g/mol. The fourth-order valence-corrected chi connectivity index (χ4v) is 4.60. The highest BCUT2D eigenvalue weighted by Gasteiger charge is 2.33. The van der Waals surface area contributed by atoms with Gasteiger partial charge in [0.1, 0.15) is 5.82 Å². The van der Waals surface area contributed by atoms with Gasteiger partial charge in [-0.15, -0.1) is 0 Å². The van der Waals surface area contributed by atoms with Gasteiger partial charge in [-0.2, -0.15) is 0 Å². The number of aromatic nitrogens is 2. The average Bonchev–Trinajstić information content (AvgIpc) is 3.26. The lowest BCUT2D eigenvalue weighted by molar-refractivity contribution is 0.191. The zero-order valence-electron chi connectivity index (χ0n) is 14.7. The zero-order valence-corrected chi connectivity index (χ0v) is 14.7. The SMILES string of the molecule is CC(C)N1CCCC1c1nc2ccccc2c(=O)n1C1CCCC1. The largest absolute Gasteiger partial charge is 0.292 e. The van der Waals surface area contributed by atoms with Crippen LogP contribution in [0.2, 0.25) is 0 Å². The maximum absolute atomic E-state index is 13.3. The Hall–Kier alpha value is -1.68. The van der Waals surface area contributed by atoms with Crippen molar-refractivity contribution in [1.29, 1.82) is 0 Å². The maximum Gasteiger partial charge on any atom is 0.261 e. The molecule has 1 saturated heterocycles. The highest BCUT2D eigenvalue weighted by atomic mass is 16.1. The van der Waals surface area contributed by atoms with E-state index >= 15 is 0 Å². The van der Waals surface area contributed by atoms with E-state index in [2.05, 4.69) is 23.3 Å². The van der Waals surface area contributed by atoms with Gasteiger partial charge >= 0.3 is 0 Å². The Morgan fingerprint density at radius 3 is 2.58 bits per heavy atom. The summed E-state index contributed by atoms with van der Waals surface area (Å²) in [6, 6.07) is 8.93. The molecule has 4 nitrogen and oxygen atoms in total. The zero-order chi connectivity index (χ0) is 16.7. The molecule has 0 bridgehead atoms. The van der Waals surface area contributed by atoms with E-state index in [1.165, 1.54) is 19.3 Å². The molecule has 0 radical (unpaired) electrons. The van der Waals surface area contributed by atoms with Crippen LogP contribution in [0.25, 0.3) is 10.9 Å². The fraction of sp³-hybridized carbons (Fsp3) is 0.600. The number of likely N-dealkylation sites (tertiary alicyclic amines) is 1. The van der Waals surface area contributed by atoms with Crippen molar-refractivity contribution in [3.8, 4) is 0 Å². The van der Waals surface area contributed by atoms with Crippen molar-refractivity contribution in [1.82, 2.24) is 14.5 Å². The van der Waals surface area contributed by atoms with E-state index in [-0.39, 0.29) is 11.6 Å². The molecule has 128 valence electrons. The minimum atomic E-state index is 0.165. The second-order valence-corrected chi connectivity index (χ2v) is 7.59. The third-order valence-corrected chi connectivity index (χ3v) is 5.78. The van der Waals surface area contributed by atoms with Crippen LogP contribution in [0.15, 0.2) is 29.1 Å². The molecule has 1 aromatic heterocycles. The van der Waals surface area contributed by atoms with Gasteiger partial charge in [0.15, 0.2) is 0 Å². The van der Waals surface area contributed by atoms with Crippen molar-refractivity contribution in [3.05, 3.63) is 40.4 Å². The van der Waals surface area contributed by atoms with E-state index in [4.69, 9.17) is 4.98 Å². The number of para-hydroxylation sites is 1. The van der Waals surface area contributed by atoms with Crippen molar-refractivity contribution in [2.24, 2.45) is 0 Å². The summed E-state index contributed by atoms with van der Waals surface area (Å²) >= 11 is 0. The van der Waals surface area contributed by atoms with Crippen LogP contribution in [0.1, 0.15) is 70.3 Å². The molecule has 0 amide bonds. The van der Waals surface area contributed by atoms with Gasteiger partial charge < -0.3 is 0 Å². The van der Waals surface area contributed by atoms with Gasteiger partial charge in [0.05, 0.1) is 16.9 Å². The molecule has 1 aliphatic heterocycles. The Morgan fingerprint density at radius 1 is 1.08 bits per heavy atom. The number of nitrogens with zero attached hydrogens (tertiary/aromatic N) is 3. The third-order valence-electron chi connectivity index (χ3n) is 5.78. The molecule has 24 heavy (non-hydrogen) atoms. The van der Waals surface area contributed by atoms with Gasteiger partial charge in [0.25, 0.3) is 5.56 Å². The summed E-state index contributed by atoms with van der Waals surface area (Å²) in [6.45, 7) is 5.60. The Bertz CT molecular complexity index is 789. The van der Waals surface area contributed by atoms with Gasteiger partial charge in [-0.3, -0.25) is 14.3 Å². The first kappa shape index (κ1) is 15.8. The van der Waals surface area contributed by atoms with Crippen molar-refractivity contribution in [2.75, 3.05) is 6.54 Å². The Labute approximate surface area is 143 Å². The van der Waals surface area contributed by atoms with Crippen molar-refractivity contribution in [3.63, 3.8) is 0 Å². The quantitative estimate of drug-likeness (QED) is 0.854. The smallest absolute Gasteiger partial charge is 0.261 e. The molecule has 4 heteroatoms. The summed E-state index contributed by atoms with van der Waals surface area (Å²) in [5.74, 6) is 1.01. The molecule has 2 fully saturated rings. The van der Waals surface area contributed by atoms with Crippen LogP contribution >= 0.6 is 0 Å².